The fourth-order valence-corrected chi connectivity index (χ4v) is 3.38. The molecule has 10 heteroatoms. The lowest BCUT2D eigenvalue weighted by Crippen LogP contribution is -2.36. The van der Waals surface area contributed by atoms with Crippen molar-refractivity contribution in [2.24, 2.45) is 0 Å². The highest BCUT2D eigenvalue weighted by atomic mass is 32.2. The van der Waals surface area contributed by atoms with E-state index in [0.717, 1.165) is 7.05 Å². The van der Waals surface area contributed by atoms with Crippen molar-refractivity contribution in [2.45, 2.75) is 24.9 Å². The summed E-state index contributed by atoms with van der Waals surface area (Å²) >= 11 is 0. The summed E-state index contributed by atoms with van der Waals surface area (Å²) in [4.78, 5) is 12.8. The number of carboxylic acids is 1. The van der Waals surface area contributed by atoms with Crippen molar-refractivity contribution in [3.05, 3.63) is 17.0 Å². The number of sulfonamides is 1. The maximum atomic E-state index is 12.3. The van der Waals surface area contributed by atoms with Gasteiger partial charge in [-0.3, -0.25) is 0 Å². The minimum atomic E-state index is -4.68. The monoisotopic (exact) mass is 314 g/mol. The highest BCUT2D eigenvalue weighted by Gasteiger charge is 2.37. The third kappa shape index (κ3) is 3.12. The first-order valence-electron chi connectivity index (χ1n) is 5.33. The quantitative estimate of drug-likeness (QED) is 0.881. The highest BCUT2D eigenvalue weighted by Crippen LogP contribution is 2.27. The first-order valence-corrected chi connectivity index (χ1v) is 6.77. The fraction of sp³-hybridized carbons (Fsp3) is 0.500. The smallest absolute Gasteiger partial charge is 0.402 e. The van der Waals surface area contributed by atoms with Crippen LogP contribution in [0.1, 0.15) is 21.7 Å². The van der Waals surface area contributed by atoms with Crippen LogP contribution in [0.15, 0.2) is 4.90 Å². The van der Waals surface area contributed by atoms with E-state index in [1.165, 1.54) is 13.8 Å². The lowest BCUT2D eigenvalue weighted by atomic mass is 10.2. The van der Waals surface area contributed by atoms with E-state index in [1.54, 1.807) is 0 Å². The van der Waals surface area contributed by atoms with Crippen LogP contribution in [-0.2, 0) is 10.0 Å². The fourth-order valence-electron chi connectivity index (χ4n) is 1.83. The summed E-state index contributed by atoms with van der Waals surface area (Å²) in [5, 5.41) is 8.87. The Kier molecular flexibility index (Phi) is 4.20. The highest BCUT2D eigenvalue weighted by molar-refractivity contribution is 7.89. The Morgan fingerprint density at radius 2 is 1.85 bits per heavy atom. The molecule has 1 aromatic rings. The van der Waals surface area contributed by atoms with Crippen LogP contribution in [0.4, 0.5) is 13.2 Å². The second-order valence-electron chi connectivity index (χ2n) is 4.26. The number of aromatic amines is 1. The third-order valence-corrected chi connectivity index (χ3v) is 4.73. The Morgan fingerprint density at radius 1 is 1.35 bits per heavy atom. The summed E-state index contributed by atoms with van der Waals surface area (Å²) < 4.78 is 61.2. The Hall–Kier alpha value is -1.55. The van der Waals surface area contributed by atoms with E-state index in [2.05, 4.69) is 4.98 Å². The molecule has 0 aliphatic carbocycles. The van der Waals surface area contributed by atoms with Gasteiger partial charge in [-0.2, -0.15) is 17.5 Å². The number of carboxylic acid groups (broad SMARTS) is 1. The molecule has 0 spiro atoms. The molecule has 0 radical (unpaired) electrons. The molecule has 114 valence electrons. The molecule has 0 bridgehead atoms. The zero-order chi connectivity index (χ0) is 15.9. The lowest BCUT2D eigenvalue weighted by molar-refractivity contribution is -0.134. The van der Waals surface area contributed by atoms with Gasteiger partial charge in [0.15, 0.2) is 0 Å². The van der Waals surface area contributed by atoms with Crippen LogP contribution in [0.5, 0.6) is 0 Å². The van der Waals surface area contributed by atoms with Gasteiger partial charge < -0.3 is 10.1 Å². The Bertz CT molecular complexity index is 634. The zero-order valence-electron chi connectivity index (χ0n) is 10.9. The van der Waals surface area contributed by atoms with Gasteiger partial charge >= 0.3 is 12.1 Å². The van der Waals surface area contributed by atoms with Crippen molar-refractivity contribution in [1.29, 1.82) is 0 Å². The van der Waals surface area contributed by atoms with Gasteiger partial charge in [-0.15, -0.1) is 0 Å². The van der Waals surface area contributed by atoms with Gasteiger partial charge in [0, 0.05) is 18.3 Å². The molecule has 1 heterocycles. The summed E-state index contributed by atoms with van der Waals surface area (Å²) in [6.45, 7) is 0.858. The number of H-pyrrole nitrogens is 1. The van der Waals surface area contributed by atoms with Crippen molar-refractivity contribution in [3.8, 4) is 0 Å². The molecule has 6 nitrogen and oxygen atoms in total. The molecule has 0 aliphatic rings. The summed E-state index contributed by atoms with van der Waals surface area (Å²) in [7, 11) is -3.64. The van der Waals surface area contributed by atoms with Gasteiger partial charge in [-0.1, -0.05) is 0 Å². The summed E-state index contributed by atoms with van der Waals surface area (Å²) in [5.74, 6) is -1.38. The van der Waals surface area contributed by atoms with Crippen LogP contribution in [0, 0.1) is 13.8 Å². The average molecular weight is 314 g/mol. The predicted molar refractivity (Wildman–Crippen MR) is 63.1 cm³/mol. The number of rotatable bonds is 4. The Labute approximate surface area is 113 Å². The Balaban J connectivity index is 3.33. The molecule has 0 saturated heterocycles. The van der Waals surface area contributed by atoms with Gasteiger partial charge in [0.05, 0.1) is 0 Å². The van der Waals surface area contributed by atoms with E-state index in [-0.39, 0.29) is 21.3 Å². The van der Waals surface area contributed by atoms with Crippen LogP contribution in [0.3, 0.4) is 0 Å². The minimum Gasteiger partial charge on any atom is -0.477 e. The molecule has 20 heavy (non-hydrogen) atoms. The largest absolute Gasteiger partial charge is 0.477 e. The minimum absolute atomic E-state index is 0.0195. The molecule has 1 aromatic heterocycles. The molecular formula is C10H13F3N2O4S. The first-order chi connectivity index (χ1) is 8.88. The molecule has 0 aliphatic heterocycles. The first kappa shape index (κ1) is 16.5. The van der Waals surface area contributed by atoms with E-state index in [9.17, 15) is 26.4 Å². The molecular weight excluding hydrogens is 301 g/mol. The van der Waals surface area contributed by atoms with Crippen LogP contribution in [0.25, 0.3) is 0 Å². The maximum Gasteiger partial charge on any atom is 0.402 e. The molecule has 0 unspecified atom stereocenters. The average Bonchev–Trinajstić information content (AvgIpc) is 2.51. The van der Waals surface area contributed by atoms with E-state index < -0.39 is 33.6 Å². The molecule has 0 atom stereocenters. The maximum absolute atomic E-state index is 12.3. The van der Waals surface area contributed by atoms with Crippen molar-refractivity contribution in [1.82, 2.24) is 9.29 Å². The topological polar surface area (TPSA) is 90.5 Å². The van der Waals surface area contributed by atoms with E-state index >= 15 is 0 Å². The zero-order valence-corrected chi connectivity index (χ0v) is 11.7. The number of hydrogen-bond donors (Lipinski definition) is 2. The summed E-state index contributed by atoms with van der Waals surface area (Å²) in [6.07, 6.45) is -4.68. The van der Waals surface area contributed by atoms with Crippen LogP contribution in [-0.4, -0.2) is 48.6 Å². The van der Waals surface area contributed by atoms with Crippen molar-refractivity contribution in [2.75, 3.05) is 13.6 Å². The predicted octanol–water partition coefficient (Wildman–Crippen LogP) is 1.51. The van der Waals surface area contributed by atoms with Gasteiger partial charge in [0.25, 0.3) is 0 Å². The molecule has 1 rings (SSSR count). The number of hydrogen-bond acceptors (Lipinski definition) is 3. The van der Waals surface area contributed by atoms with E-state index in [4.69, 9.17) is 5.11 Å². The van der Waals surface area contributed by atoms with E-state index in [1.807, 2.05) is 0 Å². The van der Waals surface area contributed by atoms with Gasteiger partial charge in [0.2, 0.25) is 10.0 Å². The number of halogens is 3. The lowest BCUT2D eigenvalue weighted by Gasteiger charge is -2.19. The number of nitrogens with one attached hydrogen (secondary N) is 1. The number of aromatic carboxylic acids is 1. The summed E-state index contributed by atoms with van der Waals surface area (Å²) in [6, 6.07) is 0. The molecule has 2 N–H and O–H groups in total. The molecule has 0 aromatic carbocycles. The van der Waals surface area contributed by atoms with Gasteiger partial charge in [-0.25, -0.2) is 13.2 Å². The number of carbonyl (C=O) groups is 1. The standard InChI is InChI=1S/C10H13F3N2O4S/c1-5-7(9(16)17)14-6(2)8(5)20(18,19)15(3)4-10(11,12)13/h14H,4H2,1-3H3,(H,16,17). The molecule has 0 amide bonds. The number of aryl methyl sites for hydroxylation is 1. The van der Waals surface area contributed by atoms with Crippen LogP contribution < -0.4 is 0 Å². The number of alkyl halides is 3. The molecule has 0 fully saturated rings. The van der Waals surface area contributed by atoms with Crippen molar-refractivity contribution in [3.63, 3.8) is 0 Å². The third-order valence-electron chi connectivity index (χ3n) is 2.65. The van der Waals surface area contributed by atoms with E-state index in [0.29, 0.717) is 0 Å². The second-order valence-corrected chi connectivity index (χ2v) is 6.24. The SMILES string of the molecule is Cc1[nH]c(C(=O)O)c(C)c1S(=O)(=O)N(C)CC(F)(F)F. The van der Waals surface area contributed by atoms with Crippen molar-refractivity contribution >= 4 is 16.0 Å². The Morgan fingerprint density at radius 3 is 2.20 bits per heavy atom. The number of aromatic nitrogens is 1. The van der Waals surface area contributed by atoms with Gasteiger partial charge in [0.1, 0.15) is 17.1 Å². The normalized spacial score (nSPS) is 12.9. The summed E-state index contributed by atoms with van der Waals surface area (Å²) in [5.41, 5.74) is -0.501. The van der Waals surface area contributed by atoms with Crippen LogP contribution >= 0.6 is 0 Å². The van der Waals surface area contributed by atoms with Gasteiger partial charge in [-0.05, 0) is 13.8 Å². The molecule has 0 saturated carbocycles. The number of nitrogens with zero attached hydrogens (tertiary/aromatic N) is 1. The van der Waals surface area contributed by atoms with Crippen LogP contribution in [0.2, 0.25) is 0 Å². The van der Waals surface area contributed by atoms with Crippen molar-refractivity contribution < 1.29 is 31.5 Å². The second kappa shape index (κ2) is 5.09.